The third-order valence-corrected chi connectivity index (χ3v) is 16.4. The Morgan fingerprint density at radius 2 is 0.759 bits per heavy atom. The fraction of sp³-hybridized carbons (Fsp3) is 0.897. The number of rotatable bonds is 59. The molecule has 0 radical (unpaired) electrons. The van der Waals surface area contributed by atoms with Gasteiger partial charge in [-0.3, -0.25) is 4.79 Å². The fourth-order valence-electron chi connectivity index (χ4n) is 10.9. The summed E-state index contributed by atoms with van der Waals surface area (Å²) >= 11 is 0. The van der Waals surface area contributed by atoms with Crippen LogP contribution in [0, 0.1) is 0 Å². The number of carbonyl (C=O) groups excluding carboxylic acids is 1. The zero-order valence-electron chi connectivity index (χ0n) is 51.4. The third-order valence-electron chi connectivity index (χ3n) is 16.4. The van der Waals surface area contributed by atoms with E-state index in [9.17, 15) is 40.5 Å². The predicted molar refractivity (Wildman–Crippen MR) is 330 cm³/mol. The average molecular weight is 1120 g/mol. The molecule has 0 aromatic carbocycles. The molecule has 0 spiro atoms. The molecule has 1 saturated heterocycles. The highest BCUT2D eigenvalue weighted by molar-refractivity contribution is 5.80. The van der Waals surface area contributed by atoms with Crippen LogP contribution in [0.2, 0.25) is 0 Å². The Morgan fingerprint density at radius 1 is 0.430 bits per heavy atom. The Kier molecular flexibility index (Phi) is 54.2. The number of carbonyl (C=O) groups is 1. The molecule has 1 fully saturated rings. The Balaban J connectivity index is 2.24. The van der Waals surface area contributed by atoms with Crippen molar-refractivity contribution >= 4 is 5.91 Å². The summed E-state index contributed by atoms with van der Waals surface area (Å²) in [5.74, 6) is -0.707. The molecule has 9 atom stereocenters. The maximum atomic E-state index is 13.2. The van der Waals surface area contributed by atoms with Gasteiger partial charge in [-0.05, 0) is 64.2 Å². The van der Waals surface area contributed by atoms with Crippen molar-refractivity contribution in [2.45, 2.75) is 377 Å². The van der Waals surface area contributed by atoms with Gasteiger partial charge in [0.1, 0.15) is 36.6 Å². The molecular weight excluding hydrogens is 991 g/mol. The van der Waals surface area contributed by atoms with Gasteiger partial charge < -0.3 is 50.5 Å². The minimum Gasteiger partial charge on any atom is -0.394 e. The molecule has 0 aliphatic carbocycles. The molecule has 79 heavy (non-hydrogen) atoms. The van der Waals surface area contributed by atoms with Crippen LogP contribution in [0.1, 0.15) is 322 Å². The van der Waals surface area contributed by atoms with Gasteiger partial charge in [0.15, 0.2) is 6.29 Å². The van der Waals surface area contributed by atoms with E-state index in [1.165, 1.54) is 231 Å². The van der Waals surface area contributed by atoms with Gasteiger partial charge in [-0.25, -0.2) is 0 Å². The van der Waals surface area contributed by atoms with Crippen molar-refractivity contribution in [1.29, 1.82) is 0 Å². The Labute approximate surface area is 486 Å². The predicted octanol–water partition coefficient (Wildman–Crippen LogP) is 15.8. The van der Waals surface area contributed by atoms with Gasteiger partial charge in [-0.15, -0.1) is 0 Å². The quantitative estimate of drug-likeness (QED) is 0.0215. The summed E-state index contributed by atoms with van der Waals surface area (Å²) in [5, 5.41) is 76.4. The van der Waals surface area contributed by atoms with Crippen LogP contribution in [0.25, 0.3) is 0 Å². The SMILES string of the molecule is CCCCCCCCCCCC/C=C/CC/C=C/CC/C=C/CCCC(O)C(O)C(COC1OC(CO)C(O)C(O)C1O)NC(=O)C(O)CCCCCCCCCCCCCCCCCCCCCCCCCCCCCCC. The molecule has 466 valence electrons. The smallest absolute Gasteiger partial charge is 0.249 e. The number of aliphatic hydroxyl groups excluding tert-OH is 7. The van der Waals surface area contributed by atoms with Gasteiger partial charge in [-0.1, -0.05) is 294 Å². The lowest BCUT2D eigenvalue weighted by Gasteiger charge is -2.40. The maximum Gasteiger partial charge on any atom is 0.249 e. The highest BCUT2D eigenvalue weighted by atomic mass is 16.7. The van der Waals surface area contributed by atoms with Crippen molar-refractivity contribution in [1.82, 2.24) is 5.32 Å². The lowest BCUT2D eigenvalue weighted by Crippen LogP contribution is -2.60. The van der Waals surface area contributed by atoms with Crippen molar-refractivity contribution in [3.63, 3.8) is 0 Å². The summed E-state index contributed by atoms with van der Waals surface area (Å²) in [4.78, 5) is 13.2. The van der Waals surface area contributed by atoms with Crippen LogP contribution in [0.15, 0.2) is 36.5 Å². The van der Waals surface area contributed by atoms with Gasteiger partial charge in [-0.2, -0.15) is 0 Å². The molecule has 1 aliphatic heterocycles. The van der Waals surface area contributed by atoms with Gasteiger partial charge in [0, 0.05) is 0 Å². The molecule has 8 N–H and O–H groups in total. The molecule has 1 amide bonds. The molecule has 0 saturated carbocycles. The van der Waals surface area contributed by atoms with E-state index in [1.54, 1.807) is 0 Å². The summed E-state index contributed by atoms with van der Waals surface area (Å²) in [6.45, 7) is 3.48. The number of nitrogens with one attached hydrogen (secondary N) is 1. The van der Waals surface area contributed by atoms with Crippen LogP contribution < -0.4 is 5.32 Å². The molecular formula is C68H129NO10. The first-order valence-corrected chi connectivity index (χ1v) is 33.9. The fourth-order valence-corrected chi connectivity index (χ4v) is 10.9. The van der Waals surface area contributed by atoms with Crippen LogP contribution in [0.5, 0.6) is 0 Å². The molecule has 9 unspecified atom stereocenters. The van der Waals surface area contributed by atoms with Gasteiger partial charge in [0.25, 0.3) is 0 Å². The minimum atomic E-state index is -1.67. The normalized spacial score (nSPS) is 19.5. The topological polar surface area (TPSA) is 189 Å². The first kappa shape index (κ1) is 75.3. The van der Waals surface area contributed by atoms with Crippen molar-refractivity contribution < 1.29 is 50.0 Å². The maximum absolute atomic E-state index is 13.2. The second-order valence-corrected chi connectivity index (χ2v) is 23.9. The first-order valence-electron chi connectivity index (χ1n) is 33.9. The molecule has 0 aromatic heterocycles. The monoisotopic (exact) mass is 1120 g/mol. The van der Waals surface area contributed by atoms with Crippen molar-refractivity contribution in [3.05, 3.63) is 36.5 Å². The van der Waals surface area contributed by atoms with E-state index in [1.807, 2.05) is 0 Å². The number of hydrogen-bond donors (Lipinski definition) is 8. The number of unbranched alkanes of at least 4 members (excludes halogenated alkanes) is 41. The van der Waals surface area contributed by atoms with E-state index in [-0.39, 0.29) is 12.8 Å². The van der Waals surface area contributed by atoms with Crippen LogP contribution in [0.4, 0.5) is 0 Å². The van der Waals surface area contributed by atoms with Crippen molar-refractivity contribution in [2.24, 2.45) is 0 Å². The van der Waals surface area contributed by atoms with Crippen molar-refractivity contribution in [3.8, 4) is 0 Å². The molecule has 1 heterocycles. The Bertz CT molecular complexity index is 1380. The van der Waals surface area contributed by atoms with Crippen LogP contribution in [-0.4, -0.2) is 110 Å². The lowest BCUT2D eigenvalue weighted by molar-refractivity contribution is -0.303. The summed E-state index contributed by atoms with van der Waals surface area (Å²) < 4.78 is 11.2. The van der Waals surface area contributed by atoms with E-state index in [4.69, 9.17) is 9.47 Å². The Hall–Kier alpha value is -1.67. The molecule has 1 aliphatic rings. The molecule has 11 nitrogen and oxygen atoms in total. The van der Waals surface area contributed by atoms with Crippen LogP contribution >= 0.6 is 0 Å². The molecule has 1 rings (SSSR count). The van der Waals surface area contributed by atoms with Gasteiger partial charge in [0.05, 0.1) is 25.4 Å². The zero-order chi connectivity index (χ0) is 57.5. The van der Waals surface area contributed by atoms with E-state index in [0.717, 1.165) is 44.9 Å². The van der Waals surface area contributed by atoms with E-state index in [0.29, 0.717) is 19.3 Å². The van der Waals surface area contributed by atoms with Crippen LogP contribution in [0.3, 0.4) is 0 Å². The summed E-state index contributed by atoms with van der Waals surface area (Å²) in [6.07, 6.45) is 60.8. The number of amides is 1. The number of aliphatic hydroxyl groups is 7. The second-order valence-electron chi connectivity index (χ2n) is 23.9. The Morgan fingerprint density at radius 3 is 1.13 bits per heavy atom. The number of hydrogen-bond acceptors (Lipinski definition) is 10. The largest absolute Gasteiger partial charge is 0.394 e. The number of ether oxygens (including phenoxy) is 2. The standard InChI is InChI=1S/C68H129NO10/c1-3-5-7-9-11-13-15-17-19-21-23-25-27-28-29-30-31-32-34-36-38-40-42-44-46-48-50-52-54-56-61(72)67(77)69-59(58-78-68-66(76)65(75)64(74)62(57-70)79-68)63(73)60(71)55-53-51-49-47-45-43-41-39-37-35-33-26-24-22-20-18-16-14-12-10-8-6-4-2/h26,33,39,41,47,49,59-66,68,70-76H,3-25,27-32,34-38,40,42-46,48,50-58H2,1-2H3,(H,69,77)/b33-26+,41-39+,49-47+. The summed E-state index contributed by atoms with van der Waals surface area (Å²) in [6, 6.07) is -1.19. The highest BCUT2D eigenvalue weighted by Gasteiger charge is 2.44. The first-order chi connectivity index (χ1) is 38.7. The molecule has 0 aromatic rings. The van der Waals surface area contributed by atoms with Crippen LogP contribution in [-0.2, 0) is 14.3 Å². The van der Waals surface area contributed by atoms with Crippen molar-refractivity contribution in [2.75, 3.05) is 13.2 Å². The lowest BCUT2D eigenvalue weighted by atomic mass is 9.98. The molecule has 11 heteroatoms. The summed E-state index contributed by atoms with van der Waals surface area (Å²) in [5.41, 5.74) is 0. The van der Waals surface area contributed by atoms with Gasteiger partial charge in [0.2, 0.25) is 5.91 Å². The average Bonchev–Trinajstić information content (AvgIpc) is 3.46. The third kappa shape index (κ3) is 44.5. The summed E-state index contributed by atoms with van der Waals surface area (Å²) in [7, 11) is 0. The minimum absolute atomic E-state index is 0.243. The van der Waals surface area contributed by atoms with Gasteiger partial charge >= 0.3 is 0 Å². The van der Waals surface area contributed by atoms with E-state index >= 15 is 0 Å². The van der Waals surface area contributed by atoms with E-state index < -0.39 is 74.2 Å². The molecule has 0 bridgehead atoms. The zero-order valence-corrected chi connectivity index (χ0v) is 51.4. The van der Waals surface area contributed by atoms with E-state index in [2.05, 4.69) is 55.6 Å². The number of allylic oxidation sites excluding steroid dienone is 6. The highest BCUT2D eigenvalue weighted by Crippen LogP contribution is 2.24. The second kappa shape index (κ2) is 56.8.